The molecule has 2 saturated heterocycles. The van der Waals surface area contributed by atoms with Gasteiger partial charge in [-0.25, -0.2) is 4.68 Å². The largest absolute Gasteiger partial charge is 0.337 e. The molecule has 0 bridgehead atoms. The van der Waals surface area contributed by atoms with E-state index in [2.05, 4.69) is 33.3 Å². The molecule has 1 aromatic heterocycles. The van der Waals surface area contributed by atoms with Crippen molar-refractivity contribution >= 4 is 5.91 Å². The van der Waals surface area contributed by atoms with Gasteiger partial charge in [0.1, 0.15) is 0 Å². The lowest BCUT2D eigenvalue weighted by Gasteiger charge is -2.32. The Bertz CT molecular complexity index is 875. The third kappa shape index (κ3) is 3.87. The molecular formula is C22H31N7O. The molecule has 2 aliphatic heterocycles. The van der Waals surface area contributed by atoms with Gasteiger partial charge in [-0.2, -0.15) is 0 Å². The lowest BCUT2D eigenvalue weighted by atomic mass is 9.77. The number of carbonyl (C=O) groups is 1. The number of aromatic nitrogens is 3. The first-order chi connectivity index (χ1) is 14.7. The van der Waals surface area contributed by atoms with E-state index in [0.29, 0.717) is 37.3 Å². The Labute approximate surface area is 177 Å². The fourth-order valence-electron chi connectivity index (χ4n) is 5.19. The molecule has 8 nitrogen and oxygen atoms in total. The summed E-state index contributed by atoms with van der Waals surface area (Å²) < 4.78 is 1.82. The van der Waals surface area contributed by atoms with Crippen LogP contribution < -0.4 is 16.6 Å². The van der Waals surface area contributed by atoms with Crippen LogP contribution in [-0.4, -0.2) is 57.5 Å². The third-order valence-electron chi connectivity index (χ3n) is 6.99. The zero-order chi connectivity index (χ0) is 20.5. The summed E-state index contributed by atoms with van der Waals surface area (Å²) in [5.41, 5.74) is 15.4. The first-order valence-electron chi connectivity index (χ1n) is 11.2. The Hall–Kier alpha value is -2.29. The third-order valence-corrected chi connectivity index (χ3v) is 6.99. The second-order valence-corrected chi connectivity index (χ2v) is 9.00. The van der Waals surface area contributed by atoms with Gasteiger partial charge in [-0.1, -0.05) is 35.5 Å². The first kappa shape index (κ1) is 19.7. The minimum Gasteiger partial charge on any atom is -0.337 e. The number of hydrogen-bond donors (Lipinski definition) is 3. The molecule has 3 unspecified atom stereocenters. The van der Waals surface area contributed by atoms with Gasteiger partial charge in [0, 0.05) is 37.6 Å². The monoisotopic (exact) mass is 409 g/mol. The van der Waals surface area contributed by atoms with Crippen molar-refractivity contribution in [1.82, 2.24) is 30.7 Å². The van der Waals surface area contributed by atoms with Gasteiger partial charge in [0.15, 0.2) is 5.69 Å². The number of rotatable bonds is 4. The van der Waals surface area contributed by atoms with E-state index in [1.165, 1.54) is 0 Å². The quantitative estimate of drug-likeness (QED) is 0.703. The number of hydrogen-bond acceptors (Lipinski definition) is 6. The molecule has 4 N–H and O–H groups in total. The molecule has 0 spiro atoms. The summed E-state index contributed by atoms with van der Waals surface area (Å²) >= 11 is 0. The van der Waals surface area contributed by atoms with E-state index in [1.807, 2.05) is 27.8 Å². The van der Waals surface area contributed by atoms with E-state index < -0.39 is 0 Å². The Morgan fingerprint density at radius 1 is 1.13 bits per heavy atom. The van der Waals surface area contributed by atoms with E-state index in [4.69, 9.17) is 5.73 Å². The highest BCUT2D eigenvalue weighted by Gasteiger charge is 2.38. The molecule has 8 heteroatoms. The van der Waals surface area contributed by atoms with Crippen molar-refractivity contribution in [3.8, 4) is 0 Å². The number of carbonyl (C=O) groups excluding carboxylic acids is 1. The van der Waals surface area contributed by atoms with Gasteiger partial charge in [-0.3, -0.25) is 15.6 Å². The van der Waals surface area contributed by atoms with Crippen molar-refractivity contribution in [3.05, 3.63) is 47.3 Å². The molecule has 3 atom stereocenters. The summed E-state index contributed by atoms with van der Waals surface area (Å²) in [4.78, 5) is 15.6. The predicted molar refractivity (Wildman–Crippen MR) is 114 cm³/mol. The Balaban J connectivity index is 1.45. The number of fused-ring (bicyclic) bond motifs is 1. The number of piperidine rings is 1. The molecular weight excluding hydrogens is 378 g/mol. The summed E-state index contributed by atoms with van der Waals surface area (Å²) in [6, 6.07) is 10.9. The van der Waals surface area contributed by atoms with Crippen LogP contribution >= 0.6 is 0 Å². The number of hydrazine groups is 1. The second kappa shape index (κ2) is 8.45. The fraction of sp³-hybridized carbons (Fsp3) is 0.591. The summed E-state index contributed by atoms with van der Waals surface area (Å²) in [6.45, 7) is 2.95. The van der Waals surface area contributed by atoms with Crippen molar-refractivity contribution in [2.75, 3.05) is 19.6 Å². The zero-order valence-corrected chi connectivity index (χ0v) is 17.3. The zero-order valence-electron chi connectivity index (χ0n) is 17.3. The van der Waals surface area contributed by atoms with Crippen LogP contribution in [0.1, 0.15) is 59.8 Å². The molecule has 3 heterocycles. The van der Waals surface area contributed by atoms with Gasteiger partial charge in [-0.05, 0) is 43.6 Å². The van der Waals surface area contributed by atoms with Gasteiger partial charge < -0.3 is 10.6 Å². The highest BCUT2D eigenvalue weighted by molar-refractivity contribution is 5.94. The lowest BCUT2D eigenvalue weighted by Crippen LogP contribution is -2.44. The number of nitrogens with zero attached hydrogens (tertiary/aromatic N) is 4. The highest BCUT2D eigenvalue weighted by Crippen LogP contribution is 2.38. The van der Waals surface area contributed by atoms with Crippen molar-refractivity contribution in [3.63, 3.8) is 0 Å². The molecule has 5 rings (SSSR count). The molecule has 1 amide bonds. The van der Waals surface area contributed by atoms with Crippen molar-refractivity contribution in [2.45, 2.75) is 56.7 Å². The Kier molecular flexibility index (Phi) is 5.54. The standard InChI is InChI=1S/C22H31N7O/c23-18-8-10-28(11-9-18)22(30)21-20(16-6-7-19-17(12-16)13-24-25-19)26-27-29(21)14-15-4-2-1-3-5-15/h1-5,16-19,24-25H,6-14,23H2. The van der Waals surface area contributed by atoms with Crippen LogP contribution in [0, 0.1) is 5.92 Å². The molecule has 160 valence electrons. The van der Waals surface area contributed by atoms with E-state index in [9.17, 15) is 4.79 Å². The predicted octanol–water partition coefficient (Wildman–Crippen LogP) is 1.25. The van der Waals surface area contributed by atoms with E-state index in [-0.39, 0.29) is 17.9 Å². The number of benzene rings is 1. The van der Waals surface area contributed by atoms with Crippen molar-refractivity contribution in [1.29, 1.82) is 0 Å². The smallest absolute Gasteiger partial charge is 0.274 e. The topological polar surface area (TPSA) is 101 Å². The van der Waals surface area contributed by atoms with Gasteiger partial charge in [0.25, 0.3) is 5.91 Å². The van der Waals surface area contributed by atoms with Crippen molar-refractivity contribution in [2.24, 2.45) is 11.7 Å². The first-order valence-corrected chi connectivity index (χ1v) is 11.2. The maximum absolute atomic E-state index is 13.6. The second-order valence-electron chi connectivity index (χ2n) is 9.00. The maximum Gasteiger partial charge on any atom is 0.274 e. The van der Waals surface area contributed by atoms with Gasteiger partial charge in [0.05, 0.1) is 12.2 Å². The number of likely N-dealkylation sites (tertiary alicyclic amines) is 1. The Morgan fingerprint density at radius 2 is 1.93 bits per heavy atom. The number of nitrogens with two attached hydrogens (primary N) is 1. The van der Waals surface area contributed by atoms with Crippen LogP contribution in [0.4, 0.5) is 0 Å². The molecule has 1 aliphatic carbocycles. The molecule has 3 fully saturated rings. The molecule has 1 saturated carbocycles. The average Bonchev–Trinajstić information content (AvgIpc) is 3.41. The fourth-order valence-corrected chi connectivity index (χ4v) is 5.19. The number of nitrogens with one attached hydrogen (secondary N) is 2. The summed E-state index contributed by atoms with van der Waals surface area (Å²) in [6.07, 6.45) is 4.88. The van der Waals surface area contributed by atoms with Gasteiger partial charge in [-0.15, -0.1) is 5.10 Å². The molecule has 1 aromatic carbocycles. The van der Waals surface area contributed by atoms with E-state index in [1.54, 1.807) is 0 Å². The average molecular weight is 410 g/mol. The molecule has 30 heavy (non-hydrogen) atoms. The summed E-state index contributed by atoms with van der Waals surface area (Å²) in [5, 5.41) is 9.05. The van der Waals surface area contributed by atoms with Crippen molar-refractivity contribution < 1.29 is 4.79 Å². The minimum absolute atomic E-state index is 0.0580. The highest BCUT2D eigenvalue weighted by atomic mass is 16.2. The van der Waals surface area contributed by atoms with Crippen LogP contribution in [0.15, 0.2) is 30.3 Å². The van der Waals surface area contributed by atoms with Crippen LogP contribution in [-0.2, 0) is 6.54 Å². The van der Waals surface area contributed by atoms with Crippen LogP contribution in [0.5, 0.6) is 0 Å². The molecule has 2 aromatic rings. The summed E-state index contributed by atoms with van der Waals surface area (Å²) in [7, 11) is 0. The van der Waals surface area contributed by atoms with Gasteiger partial charge in [0.2, 0.25) is 0 Å². The summed E-state index contributed by atoms with van der Waals surface area (Å²) in [5.74, 6) is 0.921. The normalized spacial score (nSPS) is 27.2. The van der Waals surface area contributed by atoms with Crippen LogP contribution in [0.2, 0.25) is 0 Å². The Morgan fingerprint density at radius 3 is 2.73 bits per heavy atom. The maximum atomic E-state index is 13.6. The number of amides is 1. The van der Waals surface area contributed by atoms with Crippen LogP contribution in [0.25, 0.3) is 0 Å². The lowest BCUT2D eigenvalue weighted by molar-refractivity contribution is 0.0700. The van der Waals surface area contributed by atoms with Crippen LogP contribution in [0.3, 0.4) is 0 Å². The molecule has 0 radical (unpaired) electrons. The minimum atomic E-state index is 0.0580. The molecule has 3 aliphatic rings. The van der Waals surface area contributed by atoms with E-state index in [0.717, 1.165) is 49.9 Å². The SMILES string of the molecule is NC1CCN(C(=O)c2c(C3CCC4NNCC4C3)nnn2Cc2ccccc2)CC1. The van der Waals surface area contributed by atoms with Gasteiger partial charge >= 0.3 is 0 Å². The van der Waals surface area contributed by atoms with E-state index >= 15 is 0 Å².